The van der Waals surface area contributed by atoms with E-state index in [4.69, 9.17) is 28.8 Å². The van der Waals surface area contributed by atoms with Crippen molar-refractivity contribution in [2.45, 2.75) is 184 Å². The van der Waals surface area contributed by atoms with E-state index in [9.17, 15) is 33.9 Å². The van der Waals surface area contributed by atoms with Crippen LogP contribution >= 0.6 is 11.6 Å². The van der Waals surface area contributed by atoms with E-state index in [-0.39, 0.29) is 89.1 Å². The second-order valence-corrected chi connectivity index (χ2v) is 31.0. The predicted molar refractivity (Wildman–Crippen MR) is 465 cm³/mol. The Balaban J connectivity index is 0.972. The molecule has 4 aromatic carbocycles. The fourth-order valence-electron chi connectivity index (χ4n) is 13.9. The lowest BCUT2D eigenvalue weighted by atomic mass is 9.99. The fourth-order valence-corrected chi connectivity index (χ4v) is 14.1. The van der Waals surface area contributed by atoms with Crippen LogP contribution in [0.5, 0.6) is 0 Å². The molecule has 0 radical (unpaired) electrons. The second kappa shape index (κ2) is 49.0. The van der Waals surface area contributed by atoms with Crippen LogP contribution in [0.2, 0.25) is 5.02 Å². The molecule has 10 atom stereocenters. The first-order chi connectivity index (χ1) is 59.3. The largest absolute Gasteiger partial charge is 0.394 e. The maximum atomic E-state index is 15.4. The number of aliphatic hydroxyl groups excluding tert-OH is 1. The lowest BCUT2D eigenvalue weighted by molar-refractivity contribution is -0.136. The van der Waals surface area contributed by atoms with Crippen molar-refractivity contribution in [3.63, 3.8) is 0 Å². The van der Waals surface area contributed by atoms with Gasteiger partial charge in [-0.3, -0.25) is 72.7 Å². The highest BCUT2D eigenvalue weighted by atomic mass is 35.5. The number of hydrogen-bond acceptors (Lipinski definition) is 19. The highest BCUT2D eigenvalue weighted by Gasteiger charge is 2.37. The molecular weight excluding hydrogens is 1590 g/mol. The summed E-state index contributed by atoms with van der Waals surface area (Å²) >= 11 is 6.29. The number of benzene rings is 4. The Bertz CT molecular complexity index is 4970. The number of unbranched alkanes of at least 4 members (excludes halogenated alkanes) is 2. The molecule has 9 rings (SSSR count). The number of nitrogens with zero attached hydrogens (tertiary/aromatic N) is 5. The lowest BCUT2D eigenvalue weighted by Crippen LogP contribution is -2.61. The number of nitrogens with two attached hydrogens (primary N) is 3. The number of aliphatic imine (C=N–C) groups is 1. The van der Waals surface area contributed by atoms with E-state index in [0.717, 1.165) is 33.1 Å². The van der Waals surface area contributed by atoms with E-state index >= 15 is 24.0 Å². The Kier molecular flexibility index (Phi) is 37.4. The molecule has 11 amide bonds. The molecule has 34 nitrogen and oxygen atoms in total. The monoisotopic (exact) mass is 1700 g/mol. The third kappa shape index (κ3) is 31.5. The third-order valence-electron chi connectivity index (χ3n) is 20.3. The van der Waals surface area contributed by atoms with Crippen LogP contribution in [0, 0.1) is 5.92 Å². The number of carbonyl (C=O) groups is 11. The number of para-hydroxylation sites is 1. The van der Waals surface area contributed by atoms with Gasteiger partial charge in [0.2, 0.25) is 65.0 Å². The Labute approximate surface area is 718 Å². The van der Waals surface area contributed by atoms with Crippen LogP contribution in [-0.4, -0.2) is 193 Å². The van der Waals surface area contributed by atoms with Crippen molar-refractivity contribution in [1.29, 1.82) is 0 Å². The lowest BCUT2D eigenvalue weighted by Gasteiger charge is -2.29. The highest BCUT2D eigenvalue weighted by Crippen LogP contribution is 2.22. The van der Waals surface area contributed by atoms with Gasteiger partial charge in [0.05, 0.1) is 30.0 Å². The van der Waals surface area contributed by atoms with Crippen LogP contribution < -0.4 is 81.0 Å². The smallest absolute Gasteiger partial charge is 0.245 e. The van der Waals surface area contributed by atoms with Crippen LogP contribution in [0.1, 0.15) is 118 Å². The normalized spacial score (nSPS) is 13.7. The number of imidazole rings is 1. The van der Waals surface area contributed by atoms with E-state index in [1.807, 2.05) is 98.8 Å². The summed E-state index contributed by atoms with van der Waals surface area (Å²) in [5.74, 6) is -9.56. The van der Waals surface area contributed by atoms with Crippen LogP contribution in [0.4, 0.5) is 0 Å². The van der Waals surface area contributed by atoms with Crippen LogP contribution in [0.15, 0.2) is 188 Å². The van der Waals surface area contributed by atoms with Gasteiger partial charge in [0.25, 0.3) is 0 Å². The topological polar surface area (TPSA) is 526 Å². The van der Waals surface area contributed by atoms with E-state index in [1.54, 1.807) is 73.2 Å². The van der Waals surface area contributed by atoms with Gasteiger partial charge in [0.1, 0.15) is 60.4 Å². The minimum atomic E-state index is -1.79. The number of H-pyrrole nitrogens is 2. The number of guanidine groups is 1. The number of nitrogens with one attached hydrogen (secondary N) is 14. The van der Waals surface area contributed by atoms with Gasteiger partial charge >= 0.3 is 0 Å². The van der Waals surface area contributed by atoms with Gasteiger partial charge in [-0.2, -0.15) is 0 Å². The van der Waals surface area contributed by atoms with Crippen LogP contribution in [0.25, 0.3) is 21.7 Å². The van der Waals surface area contributed by atoms with Crippen molar-refractivity contribution < 1.29 is 57.8 Å². The fraction of sp³-hybridized carbons (Fsp3) is 0.386. The van der Waals surface area contributed by atoms with Gasteiger partial charge in [-0.15, -0.1) is 0 Å². The molecule has 0 aliphatic heterocycles. The first-order valence-electron chi connectivity index (χ1n) is 41.2. The molecule has 5 heterocycles. The molecule has 652 valence electrons. The van der Waals surface area contributed by atoms with Gasteiger partial charge in [-0.05, 0) is 158 Å². The number of amides is 11. The maximum absolute atomic E-state index is 15.4. The molecule has 0 aliphatic carbocycles. The Morgan fingerprint density at radius 3 is 1.47 bits per heavy atom. The standard InChI is InChI=1S/C88H111ClN22O12/c1-54(2)40-72(82(118)110-76(45-61-48-100-67-24-7-6-23-66(61)67)86(122)104-70(27-17-39-99-88(91)92)80(116)106-71(78(90)114)46-65-51-96-53-101-65)107-81(117)69(26-11-13-35-95-50-64-22-9-15-38-98-64)103-79(115)68(25-10-12-34-94-49-63-21-8-14-37-97-63)105-87(123)77(52-112)111-85(121)75(44-58-18-16-36-93-47-58)109-84(120)74(42-56-29-32-62(89)33-30-56)108-83(119)73(102-55(3)113)43-57-28-31-59-19-4-5-20-60(59)41-57/h4-9,14-16,18-24,28-33,36-38,41,47-48,51,53-54,68-77,94-95,100,112H,10-13,17,25-27,34-35,39-40,42-46,49-50,52H2,1-3H3,(H2,90,114)(H,96,101)(H,102,113)(H,103,115)(H,104,122)(H,105,123)(H,106,116)(H,107,117)(H,108,119)(H,109,120)(H,110,118)(H,111,121)(H4,91,92,99)/t68-,69-,70?,71+,72-,73+,74+,75+,76-,77-/m0/s1. The predicted octanol–water partition coefficient (Wildman–Crippen LogP) is 2.76. The summed E-state index contributed by atoms with van der Waals surface area (Å²) in [7, 11) is 0. The van der Waals surface area contributed by atoms with Crippen molar-refractivity contribution in [3.8, 4) is 0 Å². The van der Waals surface area contributed by atoms with Crippen molar-refractivity contribution >= 4 is 104 Å². The van der Waals surface area contributed by atoms with Crippen molar-refractivity contribution in [1.82, 2.24) is 93.7 Å². The van der Waals surface area contributed by atoms with Crippen molar-refractivity contribution in [2.75, 3.05) is 26.2 Å². The molecule has 0 saturated carbocycles. The minimum Gasteiger partial charge on any atom is -0.394 e. The van der Waals surface area contributed by atoms with Crippen molar-refractivity contribution in [3.05, 3.63) is 227 Å². The van der Waals surface area contributed by atoms with E-state index in [2.05, 4.69) is 98.7 Å². The highest BCUT2D eigenvalue weighted by molar-refractivity contribution is 6.30. The number of halogens is 1. The average molecular weight is 1700 g/mol. The summed E-state index contributed by atoms with van der Waals surface area (Å²) in [6.45, 7) is 5.67. The molecule has 35 heteroatoms. The molecule has 0 aliphatic rings. The number of rotatable bonds is 51. The molecular formula is C88H111ClN22O12. The number of fused-ring (bicyclic) bond motifs is 2. The molecule has 0 saturated heterocycles. The number of aliphatic hydroxyl groups is 1. The van der Waals surface area contributed by atoms with Crippen LogP contribution in [-0.2, 0) is 97.9 Å². The first-order valence-corrected chi connectivity index (χ1v) is 41.5. The zero-order chi connectivity index (χ0) is 88.0. The molecule has 0 fully saturated rings. The molecule has 123 heavy (non-hydrogen) atoms. The van der Waals surface area contributed by atoms with Gasteiger partial charge < -0.3 is 96.1 Å². The van der Waals surface area contributed by atoms with Gasteiger partial charge in [-0.25, -0.2) is 4.98 Å². The Morgan fingerprint density at radius 1 is 0.447 bits per heavy atom. The molecule has 1 unspecified atom stereocenters. The molecule has 0 spiro atoms. The molecule has 21 N–H and O–H groups in total. The summed E-state index contributed by atoms with van der Waals surface area (Å²) < 4.78 is 0. The van der Waals surface area contributed by atoms with E-state index in [0.29, 0.717) is 78.4 Å². The summed E-state index contributed by atoms with van der Waals surface area (Å²) in [5, 5.41) is 48.5. The minimum absolute atomic E-state index is 0.000239. The molecule has 9 aromatic rings. The second-order valence-electron chi connectivity index (χ2n) is 30.6. The number of primary amides is 1. The summed E-state index contributed by atoms with van der Waals surface area (Å²) in [6.07, 6.45) is 11.9. The quantitative estimate of drug-likeness (QED) is 0.0148. The summed E-state index contributed by atoms with van der Waals surface area (Å²) in [6, 6.07) is 27.2. The number of aromatic nitrogens is 6. The number of pyridine rings is 3. The average Bonchev–Trinajstić information content (AvgIpc) is 1.75. The molecule has 0 bridgehead atoms. The zero-order valence-corrected chi connectivity index (χ0v) is 69.9. The van der Waals surface area contributed by atoms with Gasteiger partial charge in [-0.1, -0.05) is 116 Å². The van der Waals surface area contributed by atoms with Crippen LogP contribution in [0.3, 0.4) is 0 Å². The molecule has 5 aromatic heterocycles. The summed E-state index contributed by atoms with van der Waals surface area (Å²) in [4.78, 5) is 188. The van der Waals surface area contributed by atoms with Gasteiger partial charge in [0, 0.05) is 112 Å². The number of aromatic amines is 2. The first kappa shape index (κ1) is 93.8. The maximum Gasteiger partial charge on any atom is 0.245 e. The zero-order valence-electron chi connectivity index (χ0n) is 69.1. The SMILES string of the molecule is CC(=O)N[C@H](Cc1ccc2ccccc2c1)C(=O)N[C@H](Cc1ccc(Cl)cc1)C(=O)N[C@H](Cc1cccnc1)C(=O)N[C@@H](CO)C(=O)N[C@@H](CCCCNCc1ccccn1)C(=O)N[C@@H](CCCCNCc1ccccn1)C(=O)N[C@@H](CC(C)C)C(=O)N[C@@H](Cc1c[nH]c2ccccc12)C(=O)NC(CCCN=C(N)N)C(=O)N[C@H](Cc1c[nH]cn1)C(N)=O. The number of hydrogen-bond donors (Lipinski definition) is 18. The number of carbonyl (C=O) groups excluding carboxylic acids is 11. The Morgan fingerprint density at radius 2 is 0.935 bits per heavy atom. The third-order valence-corrected chi connectivity index (χ3v) is 20.6. The van der Waals surface area contributed by atoms with E-state index < -0.39 is 132 Å². The Hall–Kier alpha value is -13.1. The van der Waals surface area contributed by atoms with Gasteiger partial charge in [0.15, 0.2) is 5.96 Å². The van der Waals surface area contributed by atoms with Crippen molar-refractivity contribution in [2.24, 2.45) is 28.1 Å². The van der Waals surface area contributed by atoms with E-state index in [1.165, 1.54) is 31.8 Å². The summed E-state index contributed by atoms with van der Waals surface area (Å²) in [5.41, 5.74) is 22.1.